The van der Waals surface area contributed by atoms with Gasteiger partial charge in [-0.3, -0.25) is 25.3 Å². The number of hydrogen-bond acceptors (Lipinski definition) is 3. The highest BCUT2D eigenvalue weighted by Crippen LogP contribution is 2.20. The van der Waals surface area contributed by atoms with Crippen molar-refractivity contribution in [1.82, 2.24) is 15.8 Å². The summed E-state index contributed by atoms with van der Waals surface area (Å²) in [5.74, 6) is 0.742. The molecule has 2 unspecified atom stereocenters. The Balaban J connectivity index is 1.76. The fourth-order valence-electron chi connectivity index (χ4n) is 2.95. The number of carbonyl (C=O) groups is 2. The van der Waals surface area contributed by atoms with Crippen LogP contribution in [0.2, 0.25) is 0 Å². The number of amides is 2. The zero-order valence-electron chi connectivity index (χ0n) is 12.6. The Hall–Kier alpha value is -1.88. The van der Waals surface area contributed by atoms with Gasteiger partial charge in [0.15, 0.2) is 0 Å². The van der Waals surface area contributed by atoms with Gasteiger partial charge in [0, 0.05) is 18.7 Å². The van der Waals surface area contributed by atoms with Gasteiger partial charge in [-0.05, 0) is 30.4 Å². The summed E-state index contributed by atoms with van der Waals surface area (Å²) in [4.78, 5) is 25.8. The van der Waals surface area contributed by atoms with Crippen molar-refractivity contribution in [1.29, 1.82) is 0 Å². The lowest BCUT2D eigenvalue weighted by atomic mass is 9.92. The van der Waals surface area contributed by atoms with Crippen molar-refractivity contribution in [2.24, 2.45) is 11.8 Å². The molecule has 0 bridgehead atoms. The highest BCUT2D eigenvalue weighted by molar-refractivity contribution is 5.95. The molecule has 0 spiro atoms. The average molecular weight is 289 g/mol. The van der Waals surface area contributed by atoms with Gasteiger partial charge in [0.1, 0.15) is 0 Å². The molecule has 2 rings (SSSR count). The van der Waals surface area contributed by atoms with E-state index in [-0.39, 0.29) is 11.8 Å². The monoisotopic (exact) mass is 289 g/mol. The Morgan fingerprint density at radius 2 is 1.71 bits per heavy atom. The standard InChI is InChI=1S/C16H23N3O2/c1-12-8-13(2)10-19(9-12)11-15(20)17-18-16(21)14-6-4-3-5-7-14/h3-7,12-13H,8-11H2,1-2H3,(H,17,20)(H,18,21). The van der Waals surface area contributed by atoms with Gasteiger partial charge in [0.2, 0.25) is 0 Å². The molecular weight excluding hydrogens is 266 g/mol. The molecule has 0 saturated carbocycles. The molecule has 1 heterocycles. The lowest BCUT2D eigenvalue weighted by Crippen LogP contribution is -2.49. The number of hydrazine groups is 1. The number of nitrogens with one attached hydrogen (secondary N) is 2. The summed E-state index contributed by atoms with van der Waals surface area (Å²) < 4.78 is 0. The van der Waals surface area contributed by atoms with E-state index in [1.54, 1.807) is 24.3 Å². The smallest absolute Gasteiger partial charge is 0.269 e. The molecule has 0 radical (unpaired) electrons. The van der Waals surface area contributed by atoms with Crippen LogP contribution >= 0.6 is 0 Å². The van der Waals surface area contributed by atoms with Gasteiger partial charge < -0.3 is 0 Å². The second kappa shape index (κ2) is 7.22. The van der Waals surface area contributed by atoms with Crippen LogP contribution in [-0.4, -0.2) is 36.3 Å². The maximum Gasteiger partial charge on any atom is 0.269 e. The number of hydrogen-bond donors (Lipinski definition) is 2. The predicted molar refractivity (Wildman–Crippen MR) is 81.4 cm³/mol. The van der Waals surface area contributed by atoms with E-state index >= 15 is 0 Å². The van der Waals surface area contributed by atoms with E-state index in [4.69, 9.17) is 0 Å². The van der Waals surface area contributed by atoms with E-state index in [1.165, 1.54) is 6.42 Å². The Kier molecular flexibility index (Phi) is 5.33. The molecule has 1 aromatic carbocycles. The lowest BCUT2D eigenvalue weighted by Gasteiger charge is -2.34. The Bertz CT molecular complexity index is 480. The normalized spacial score (nSPS) is 22.6. The van der Waals surface area contributed by atoms with E-state index in [2.05, 4.69) is 29.6 Å². The second-order valence-corrected chi connectivity index (χ2v) is 6.01. The fourth-order valence-corrected chi connectivity index (χ4v) is 2.95. The number of nitrogens with zero attached hydrogens (tertiary/aromatic N) is 1. The summed E-state index contributed by atoms with van der Waals surface area (Å²) in [6.45, 7) is 6.61. The van der Waals surface area contributed by atoms with Crippen molar-refractivity contribution < 1.29 is 9.59 Å². The van der Waals surface area contributed by atoms with Crippen molar-refractivity contribution >= 4 is 11.8 Å². The molecule has 1 aromatic rings. The van der Waals surface area contributed by atoms with Gasteiger partial charge in [0.05, 0.1) is 6.54 Å². The molecule has 5 heteroatoms. The minimum Gasteiger partial charge on any atom is -0.294 e. The Morgan fingerprint density at radius 3 is 2.33 bits per heavy atom. The topological polar surface area (TPSA) is 61.4 Å². The first kappa shape index (κ1) is 15.5. The molecule has 1 saturated heterocycles. The van der Waals surface area contributed by atoms with Gasteiger partial charge in [-0.15, -0.1) is 0 Å². The van der Waals surface area contributed by atoms with Gasteiger partial charge >= 0.3 is 0 Å². The van der Waals surface area contributed by atoms with Crippen LogP contribution in [0.3, 0.4) is 0 Å². The van der Waals surface area contributed by atoms with Crippen molar-refractivity contribution in [3.63, 3.8) is 0 Å². The molecule has 5 nitrogen and oxygen atoms in total. The number of carbonyl (C=O) groups excluding carboxylic acids is 2. The number of likely N-dealkylation sites (tertiary alicyclic amines) is 1. The SMILES string of the molecule is CC1CC(C)CN(CC(=O)NNC(=O)c2ccccc2)C1. The third kappa shape index (κ3) is 4.86. The maximum atomic E-state index is 11.9. The van der Waals surface area contributed by atoms with Gasteiger partial charge in [-0.25, -0.2) is 0 Å². The van der Waals surface area contributed by atoms with Crippen LogP contribution in [-0.2, 0) is 4.79 Å². The van der Waals surface area contributed by atoms with Crippen LogP contribution in [0.4, 0.5) is 0 Å². The zero-order chi connectivity index (χ0) is 15.2. The molecule has 2 amide bonds. The molecule has 1 aliphatic heterocycles. The molecule has 114 valence electrons. The van der Waals surface area contributed by atoms with Gasteiger partial charge in [-0.1, -0.05) is 32.0 Å². The number of piperidine rings is 1. The molecule has 2 N–H and O–H groups in total. The number of rotatable bonds is 3. The van der Waals surface area contributed by atoms with E-state index in [0.29, 0.717) is 23.9 Å². The third-order valence-electron chi connectivity index (χ3n) is 3.66. The van der Waals surface area contributed by atoms with E-state index < -0.39 is 0 Å². The van der Waals surface area contributed by atoms with Crippen LogP contribution in [0.5, 0.6) is 0 Å². The summed E-state index contributed by atoms with van der Waals surface area (Å²) in [6, 6.07) is 8.82. The van der Waals surface area contributed by atoms with Crippen LogP contribution in [0.1, 0.15) is 30.6 Å². The first-order chi connectivity index (χ1) is 10.0. The van der Waals surface area contributed by atoms with Crippen molar-refractivity contribution in [2.45, 2.75) is 20.3 Å². The minimum atomic E-state index is -0.302. The van der Waals surface area contributed by atoms with Gasteiger partial charge in [0.25, 0.3) is 11.8 Å². The van der Waals surface area contributed by atoms with Crippen molar-refractivity contribution in [3.05, 3.63) is 35.9 Å². The average Bonchev–Trinajstić information content (AvgIpc) is 2.44. The lowest BCUT2D eigenvalue weighted by molar-refractivity contribution is -0.123. The molecule has 0 aliphatic carbocycles. The summed E-state index contributed by atoms with van der Waals surface area (Å²) >= 11 is 0. The molecule has 0 aromatic heterocycles. The summed E-state index contributed by atoms with van der Waals surface area (Å²) in [6.07, 6.45) is 1.21. The summed E-state index contributed by atoms with van der Waals surface area (Å²) in [5.41, 5.74) is 5.45. The van der Waals surface area contributed by atoms with Crippen molar-refractivity contribution in [2.75, 3.05) is 19.6 Å². The second-order valence-electron chi connectivity index (χ2n) is 6.01. The van der Waals surface area contributed by atoms with Crippen LogP contribution in [0.25, 0.3) is 0 Å². The van der Waals surface area contributed by atoms with Crippen LogP contribution in [0.15, 0.2) is 30.3 Å². The number of benzene rings is 1. The summed E-state index contributed by atoms with van der Waals surface area (Å²) in [5, 5.41) is 0. The largest absolute Gasteiger partial charge is 0.294 e. The molecule has 21 heavy (non-hydrogen) atoms. The minimum absolute atomic E-state index is 0.180. The molecule has 1 aliphatic rings. The fraction of sp³-hybridized carbons (Fsp3) is 0.500. The van der Waals surface area contributed by atoms with Crippen molar-refractivity contribution in [3.8, 4) is 0 Å². The van der Waals surface area contributed by atoms with Gasteiger partial charge in [-0.2, -0.15) is 0 Å². The Morgan fingerprint density at radius 1 is 1.10 bits per heavy atom. The maximum absolute atomic E-state index is 11.9. The van der Waals surface area contributed by atoms with Crippen LogP contribution in [0, 0.1) is 11.8 Å². The summed E-state index contributed by atoms with van der Waals surface area (Å²) in [7, 11) is 0. The predicted octanol–water partition coefficient (Wildman–Crippen LogP) is 1.43. The highest BCUT2D eigenvalue weighted by Gasteiger charge is 2.23. The van der Waals surface area contributed by atoms with Crippen LogP contribution < -0.4 is 10.9 Å². The molecule has 2 atom stereocenters. The van der Waals surface area contributed by atoms with E-state index in [9.17, 15) is 9.59 Å². The van der Waals surface area contributed by atoms with E-state index in [0.717, 1.165) is 13.1 Å². The first-order valence-corrected chi connectivity index (χ1v) is 7.41. The zero-order valence-corrected chi connectivity index (χ0v) is 12.6. The molecule has 1 fully saturated rings. The van der Waals surface area contributed by atoms with E-state index in [1.807, 2.05) is 6.07 Å². The quantitative estimate of drug-likeness (QED) is 0.827. The first-order valence-electron chi connectivity index (χ1n) is 7.41. The third-order valence-corrected chi connectivity index (χ3v) is 3.66. The molecular formula is C16H23N3O2. The highest BCUT2D eigenvalue weighted by atomic mass is 16.2. The Labute approximate surface area is 125 Å².